The van der Waals surface area contributed by atoms with Crippen LogP contribution in [0.3, 0.4) is 0 Å². The maximum absolute atomic E-state index is 14.5. The molecular formula is C35H28F9NO4S. The van der Waals surface area contributed by atoms with Gasteiger partial charge >= 0.3 is 12.4 Å². The Bertz CT molecular complexity index is 1890. The topological polar surface area (TPSA) is 63.7 Å². The lowest BCUT2D eigenvalue weighted by molar-refractivity contribution is -0.392. The van der Waals surface area contributed by atoms with Crippen LogP contribution in [0.4, 0.5) is 39.5 Å². The van der Waals surface area contributed by atoms with E-state index >= 15 is 0 Å². The van der Waals surface area contributed by atoms with Crippen LogP contribution in [0.25, 0.3) is 0 Å². The predicted molar refractivity (Wildman–Crippen MR) is 163 cm³/mol. The summed E-state index contributed by atoms with van der Waals surface area (Å²) in [6.07, 6.45) is -13.0. The molecule has 1 saturated heterocycles. The molecule has 0 N–H and O–H groups in total. The number of hydrogen-bond acceptors (Lipinski definition) is 4. The van der Waals surface area contributed by atoms with Gasteiger partial charge in [-0.2, -0.15) is 26.3 Å². The molecule has 4 aromatic carbocycles. The fraction of sp³-hybridized carbons (Fsp3) is 0.286. The van der Waals surface area contributed by atoms with Crippen molar-refractivity contribution in [2.45, 2.75) is 53.5 Å². The minimum atomic E-state index is -6.21. The molecule has 0 aliphatic carbocycles. The molecule has 266 valence electrons. The smallest absolute Gasteiger partial charge is 0.349 e. The van der Waals surface area contributed by atoms with Gasteiger partial charge in [0.15, 0.2) is 9.84 Å². The third kappa shape index (κ3) is 6.72. The zero-order valence-electron chi connectivity index (χ0n) is 25.9. The Morgan fingerprint density at radius 3 is 1.78 bits per heavy atom. The number of alkyl halides is 6. The van der Waals surface area contributed by atoms with Gasteiger partial charge in [0.1, 0.15) is 22.2 Å². The van der Waals surface area contributed by atoms with Crippen molar-refractivity contribution in [3.05, 3.63) is 137 Å². The van der Waals surface area contributed by atoms with Gasteiger partial charge in [0, 0.05) is 24.2 Å². The summed E-state index contributed by atoms with van der Waals surface area (Å²) in [5.74, 6) is -3.95. The molecule has 0 spiro atoms. The average molecular weight is 730 g/mol. The molecule has 1 heterocycles. The van der Waals surface area contributed by atoms with Gasteiger partial charge in [-0.1, -0.05) is 60.7 Å². The van der Waals surface area contributed by atoms with Crippen molar-refractivity contribution in [1.29, 1.82) is 0 Å². The van der Waals surface area contributed by atoms with Crippen LogP contribution in [0.1, 0.15) is 35.1 Å². The van der Waals surface area contributed by atoms with Gasteiger partial charge in [-0.05, 0) is 60.4 Å². The van der Waals surface area contributed by atoms with Crippen LogP contribution in [-0.4, -0.2) is 44.7 Å². The van der Waals surface area contributed by atoms with E-state index in [0.717, 1.165) is 42.5 Å². The molecule has 1 amide bonds. The van der Waals surface area contributed by atoms with E-state index in [0.29, 0.717) is 29.8 Å². The number of rotatable bonds is 9. The molecule has 50 heavy (non-hydrogen) atoms. The van der Waals surface area contributed by atoms with Crippen molar-refractivity contribution >= 4 is 15.7 Å². The third-order valence-electron chi connectivity index (χ3n) is 8.87. The van der Waals surface area contributed by atoms with Crippen molar-refractivity contribution in [2.24, 2.45) is 0 Å². The van der Waals surface area contributed by atoms with Crippen LogP contribution in [0.15, 0.2) is 102 Å². The zero-order valence-corrected chi connectivity index (χ0v) is 26.7. The number of nitrogens with zero attached hydrogens (tertiary/aromatic N) is 1. The van der Waals surface area contributed by atoms with Gasteiger partial charge in [-0.25, -0.2) is 21.6 Å². The normalized spacial score (nSPS) is 15.6. The van der Waals surface area contributed by atoms with Crippen LogP contribution in [-0.2, 0) is 42.7 Å². The summed E-state index contributed by atoms with van der Waals surface area (Å²) in [4.78, 5) is 14.1. The molecule has 5 nitrogen and oxygen atoms in total. The lowest BCUT2D eigenvalue weighted by atomic mass is 9.85. The van der Waals surface area contributed by atoms with Gasteiger partial charge in [0.05, 0.1) is 17.9 Å². The summed E-state index contributed by atoms with van der Waals surface area (Å²) in [5, 5.41) is 0. The van der Waals surface area contributed by atoms with E-state index < -0.39 is 67.7 Å². The quantitative estimate of drug-likeness (QED) is 0.129. The number of carbonyl (C=O) groups is 1. The molecule has 1 aliphatic heterocycles. The number of ether oxygens (including phenoxy) is 1. The number of likely N-dealkylation sites (tertiary alicyclic amines) is 1. The van der Waals surface area contributed by atoms with Crippen molar-refractivity contribution in [1.82, 2.24) is 4.90 Å². The second kappa shape index (κ2) is 13.7. The Morgan fingerprint density at radius 2 is 1.26 bits per heavy atom. The molecule has 1 aliphatic rings. The maximum atomic E-state index is 14.5. The Labute approximate surface area is 281 Å². The van der Waals surface area contributed by atoms with Gasteiger partial charge in [0.2, 0.25) is 5.91 Å². The molecule has 0 aromatic heterocycles. The molecule has 5 rings (SSSR count). The molecule has 0 atom stereocenters. The Morgan fingerprint density at radius 1 is 0.720 bits per heavy atom. The van der Waals surface area contributed by atoms with Crippen molar-refractivity contribution in [3.8, 4) is 0 Å². The third-order valence-corrected chi connectivity index (χ3v) is 11.4. The Kier molecular flexibility index (Phi) is 10.1. The highest BCUT2D eigenvalue weighted by Gasteiger charge is 2.73. The zero-order chi connectivity index (χ0) is 36.5. The van der Waals surface area contributed by atoms with Crippen molar-refractivity contribution in [2.75, 3.05) is 13.1 Å². The fourth-order valence-electron chi connectivity index (χ4n) is 6.15. The van der Waals surface area contributed by atoms with Crippen LogP contribution < -0.4 is 0 Å². The largest absolute Gasteiger partial charge is 0.430 e. The molecule has 15 heteroatoms. The first-order valence-corrected chi connectivity index (χ1v) is 16.5. The average Bonchev–Trinajstić information content (AvgIpc) is 3.06. The number of sulfone groups is 1. The van der Waals surface area contributed by atoms with Gasteiger partial charge in [0.25, 0.3) is 5.60 Å². The summed E-state index contributed by atoms with van der Waals surface area (Å²) in [6.45, 7) is -2.03. The van der Waals surface area contributed by atoms with Gasteiger partial charge in [-0.3, -0.25) is 4.79 Å². The fourth-order valence-corrected chi connectivity index (χ4v) is 8.26. The summed E-state index contributed by atoms with van der Waals surface area (Å²) >= 11 is 0. The monoisotopic (exact) mass is 729 g/mol. The molecule has 1 fully saturated rings. The van der Waals surface area contributed by atoms with Crippen LogP contribution >= 0.6 is 0 Å². The van der Waals surface area contributed by atoms with Crippen molar-refractivity contribution < 1.29 is 57.5 Å². The number of benzene rings is 4. The minimum absolute atomic E-state index is 0.000989. The lowest BCUT2D eigenvalue weighted by Crippen LogP contribution is -2.56. The molecule has 0 saturated carbocycles. The van der Waals surface area contributed by atoms with Gasteiger partial charge < -0.3 is 9.64 Å². The highest BCUT2D eigenvalue weighted by Crippen LogP contribution is 2.54. The van der Waals surface area contributed by atoms with E-state index in [9.17, 15) is 52.7 Å². The molecule has 0 unspecified atom stereocenters. The summed E-state index contributed by atoms with van der Waals surface area (Å²) in [5.41, 5.74) is -7.27. The first kappa shape index (κ1) is 36.9. The number of piperidine rings is 1. The first-order valence-electron chi connectivity index (χ1n) is 15.1. The number of amides is 1. The van der Waals surface area contributed by atoms with Crippen LogP contribution in [0.5, 0.6) is 0 Å². The van der Waals surface area contributed by atoms with E-state index in [1.807, 2.05) is 0 Å². The highest BCUT2D eigenvalue weighted by atomic mass is 32.2. The number of carbonyl (C=O) groups excluding carboxylic acids is 1. The molecular weight excluding hydrogens is 701 g/mol. The van der Waals surface area contributed by atoms with E-state index in [2.05, 4.69) is 4.74 Å². The van der Waals surface area contributed by atoms with E-state index in [-0.39, 0.29) is 48.7 Å². The summed E-state index contributed by atoms with van der Waals surface area (Å²) < 4.78 is 160. The molecule has 0 bridgehead atoms. The second-order valence-electron chi connectivity index (χ2n) is 11.7. The van der Waals surface area contributed by atoms with E-state index in [1.165, 1.54) is 4.90 Å². The number of hydrogen-bond donors (Lipinski definition) is 0. The van der Waals surface area contributed by atoms with E-state index in [1.54, 1.807) is 30.3 Å². The summed E-state index contributed by atoms with van der Waals surface area (Å²) in [7, 11) is -4.53. The van der Waals surface area contributed by atoms with Gasteiger partial charge in [-0.15, -0.1) is 0 Å². The predicted octanol–water partition coefficient (Wildman–Crippen LogP) is 8.17. The minimum Gasteiger partial charge on any atom is -0.349 e. The van der Waals surface area contributed by atoms with Crippen LogP contribution in [0.2, 0.25) is 0 Å². The van der Waals surface area contributed by atoms with Crippen LogP contribution in [0, 0.1) is 17.5 Å². The maximum Gasteiger partial charge on any atom is 0.430 e. The highest BCUT2D eigenvalue weighted by molar-refractivity contribution is 7.92. The lowest BCUT2D eigenvalue weighted by Gasteiger charge is -2.42. The Balaban J connectivity index is 1.55. The molecule has 4 aromatic rings. The Hall–Kier alpha value is -4.37. The summed E-state index contributed by atoms with van der Waals surface area (Å²) in [6, 6.07) is 17.0. The van der Waals surface area contributed by atoms with E-state index in [4.69, 9.17) is 0 Å². The molecule has 0 radical (unpaired) electrons. The van der Waals surface area contributed by atoms with Crippen molar-refractivity contribution in [3.63, 3.8) is 0 Å². The second-order valence-corrected chi connectivity index (χ2v) is 14.0. The standard InChI is InChI=1S/C35H28F9NO4S/c36-26-13-15-27(16-14-26)50(47,48)32(17-19-45(20-18-32)31(46)21-23-5-2-1-3-6-23)24-9-11-25(12-10-24)33(34(39,40)41,35(42,43)44)49-22-28-29(37)7-4-8-30(28)38/h1-16H,17-22H2. The first-order chi connectivity index (χ1) is 23.4. The SMILES string of the molecule is O=C(Cc1ccccc1)N1CCC(c2ccc(C(OCc3c(F)cccc3F)(C(F)(F)F)C(F)(F)F)cc2)(S(=O)(=O)c2ccc(F)cc2)CC1. The number of halogens is 9.